The molecule has 0 aliphatic heterocycles. The lowest BCUT2D eigenvalue weighted by Crippen LogP contribution is -2.20. The molecule has 1 aromatic rings. The Kier molecular flexibility index (Phi) is 11.8. The average molecular weight is 246 g/mol. The number of aliphatic carboxylic acids is 1. The van der Waals surface area contributed by atoms with Gasteiger partial charge in [-0.05, 0) is 5.56 Å². The van der Waals surface area contributed by atoms with Crippen LogP contribution in [0.5, 0.6) is 0 Å². The third kappa shape index (κ3) is 22.8. The van der Waals surface area contributed by atoms with Crippen molar-refractivity contribution >= 4 is 23.5 Å². The first kappa shape index (κ1) is 16.7. The number of nitrogens with two attached hydrogens (primary N) is 2. The number of hydrogen-bond donors (Lipinski definition) is 4. The van der Waals surface area contributed by atoms with E-state index in [0.717, 1.165) is 6.92 Å². The molecular weight excluding hydrogens is 230 g/mol. The van der Waals surface area contributed by atoms with Crippen molar-refractivity contribution in [2.45, 2.75) is 12.8 Å². The number of carboxylic acid groups (broad SMARTS) is 1. The van der Waals surface area contributed by atoms with Crippen molar-refractivity contribution in [3.63, 3.8) is 0 Å². The van der Waals surface area contributed by atoms with Crippen LogP contribution in [0.1, 0.15) is 12.5 Å². The maximum absolute atomic E-state index is 9.00. The van der Waals surface area contributed by atoms with E-state index in [0.29, 0.717) is 5.88 Å². The predicted molar refractivity (Wildman–Crippen MR) is 65.4 cm³/mol. The molecule has 0 amide bonds. The van der Waals surface area contributed by atoms with Crippen molar-refractivity contribution in [1.82, 2.24) is 0 Å². The van der Waals surface area contributed by atoms with Crippen LogP contribution < -0.4 is 11.5 Å². The zero-order valence-electron chi connectivity index (χ0n) is 8.98. The zero-order chi connectivity index (χ0) is 13.0. The quantitative estimate of drug-likeness (QED) is 0.340. The largest absolute Gasteiger partial charge is 0.481 e. The molecule has 6 N–H and O–H groups in total. The van der Waals surface area contributed by atoms with Gasteiger partial charge < -0.3 is 16.6 Å². The van der Waals surface area contributed by atoms with E-state index < -0.39 is 5.97 Å². The van der Waals surface area contributed by atoms with Crippen molar-refractivity contribution in [3.8, 4) is 0 Å². The second-order valence-electron chi connectivity index (χ2n) is 2.59. The van der Waals surface area contributed by atoms with Crippen molar-refractivity contribution in [2.24, 2.45) is 11.5 Å². The molecule has 5 nitrogen and oxygen atoms in total. The van der Waals surface area contributed by atoms with Crippen LogP contribution in [0.15, 0.2) is 30.3 Å². The van der Waals surface area contributed by atoms with Gasteiger partial charge in [-0.25, -0.2) is 0 Å². The van der Waals surface area contributed by atoms with Crippen LogP contribution in [0.3, 0.4) is 0 Å². The Morgan fingerprint density at radius 1 is 1.38 bits per heavy atom. The SMILES string of the molecule is CC(=O)O.ClCc1ccccc1.N=C(N)N. The second-order valence-corrected chi connectivity index (χ2v) is 2.86. The van der Waals surface area contributed by atoms with E-state index in [2.05, 4.69) is 11.5 Å². The van der Waals surface area contributed by atoms with Gasteiger partial charge in [-0.1, -0.05) is 30.3 Å². The predicted octanol–water partition coefficient (Wildman–Crippen LogP) is 1.35. The van der Waals surface area contributed by atoms with E-state index >= 15 is 0 Å². The number of carbonyl (C=O) groups is 1. The summed E-state index contributed by atoms with van der Waals surface area (Å²) < 4.78 is 0. The fraction of sp³-hybridized carbons (Fsp3) is 0.200. The van der Waals surface area contributed by atoms with E-state index in [1.807, 2.05) is 30.3 Å². The Morgan fingerprint density at radius 3 is 1.88 bits per heavy atom. The smallest absolute Gasteiger partial charge is 0.300 e. The number of guanidine groups is 1. The Bertz CT molecular complexity index is 284. The first-order chi connectivity index (χ1) is 7.40. The highest BCUT2D eigenvalue weighted by molar-refractivity contribution is 6.17. The Labute approximate surface area is 99.5 Å². The van der Waals surface area contributed by atoms with Crippen molar-refractivity contribution in [2.75, 3.05) is 0 Å². The molecule has 1 rings (SSSR count). The summed E-state index contributed by atoms with van der Waals surface area (Å²) >= 11 is 5.53. The molecule has 0 saturated carbocycles. The van der Waals surface area contributed by atoms with Gasteiger partial charge in [-0.2, -0.15) is 0 Å². The highest BCUT2D eigenvalue weighted by Gasteiger charge is 1.81. The summed E-state index contributed by atoms with van der Waals surface area (Å²) in [6, 6.07) is 9.96. The van der Waals surface area contributed by atoms with Gasteiger partial charge in [0.25, 0.3) is 5.97 Å². The first-order valence-electron chi connectivity index (χ1n) is 4.29. The number of rotatable bonds is 1. The monoisotopic (exact) mass is 245 g/mol. The van der Waals surface area contributed by atoms with Crippen LogP contribution in [-0.2, 0) is 10.7 Å². The molecule has 1 aromatic carbocycles. The molecule has 0 bridgehead atoms. The molecule has 0 spiro atoms. The van der Waals surface area contributed by atoms with Crippen LogP contribution in [0, 0.1) is 5.41 Å². The van der Waals surface area contributed by atoms with Gasteiger partial charge >= 0.3 is 0 Å². The lowest BCUT2D eigenvalue weighted by Gasteiger charge is -1.88. The molecule has 0 radical (unpaired) electrons. The molecule has 0 heterocycles. The van der Waals surface area contributed by atoms with E-state index in [9.17, 15) is 0 Å². The molecule has 0 saturated heterocycles. The lowest BCUT2D eigenvalue weighted by atomic mass is 10.2. The summed E-state index contributed by atoms with van der Waals surface area (Å²) in [6.07, 6.45) is 0. The van der Waals surface area contributed by atoms with Gasteiger partial charge in [-0.3, -0.25) is 10.2 Å². The van der Waals surface area contributed by atoms with Crippen molar-refractivity contribution < 1.29 is 9.90 Å². The zero-order valence-corrected chi connectivity index (χ0v) is 9.74. The van der Waals surface area contributed by atoms with E-state index in [1.165, 1.54) is 5.56 Å². The Hall–Kier alpha value is -1.75. The highest BCUT2D eigenvalue weighted by atomic mass is 35.5. The van der Waals surface area contributed by atoms with Crippen LogP contribution in [0.4, 0.5) is 0 Å². The molecule has 90 valence electrons. The minimum Gasteiger partial charge on any atom is -0.481 e. The van der Waals surface area contributed by atoms with Crippen molar-refractivity contribution in [3.05, 3.63) is 35.9 Å². The number of nitrogens with one attached hydrogen (secondary N) is 1. The van der Waals surface area contributed by atoms with E-state index in [-0.39, 0.29) is 5.96 Å². The molecule has 16 heavy (non-hydrogen) atoms. The maximum atomic E-state index is 9.00. The van der Waals surface area contributed by atoms with Gasteiger partial charge in [0.15, 0.2) is 5.96 Å². The summed E-state index contributed by atoms with van der Waals surface area (Å²) in [4.78, 5) is 9.00. The fourth-order valence-corrected chi connectivity index (χ4v) is 0.745. The van der Waals surface area contributed by atoms with Crippen LogP contribution in [0.25, 0.3) is 0 Å². The normalized spacial score (nSPS) is 7.62. The topological polar surface area (TPSA) is 113 Å². The highest BCUT2D eigenvalue weighted by Crippen LogP contribution is 2.00. The standard InChI is InChI=1S/C7H7Cl.C2H4O2.CH5N3/c8-6-7-4-2-1-3-5-7;1-2(3)4;2-1(3)4/h1-5H,6H2;1H3,(H,3,4);(H5,2,3,4). The summed E-state index contributed by atoms with van der Waals surface area (Å²) in [6.45, 7) is 1.08. The van der Waals surface area contributed by atoms with E-state index in [1.54, 1.807) is 0 Å². The number of hydrogen-bond acceptors (Lipinski definition) is 2. The molecule has 0 atom stereocenters. The number of halogens is 1. The van der Waals surface area contributed by atoms with Gasteiger partial charge in [0, 0.05) is 12.8 Å². The summed E-state index contributed by atoms with van der Waals surface area (Å²) in [5.74, 6) is -0.555. The Balaban J connectivity index is 0. The third-order valence-corrected chi connectivity index (χ3v) is 1.31. The van der Waals surface area contributed by atoms with Gasteiger partial charge in [0.2, 0.25) is 0 Å². The third-order valence-electron chi connectivity index (χ3n) is 0.997. The molecule has 0 fully saturated rings. The molecule has 0 unspecified atom stereocenters. The second kappa shape index (κ2) is 11.3. The average Bonchev–Trinajstić information content (AvgIpc) is 2.17. The van der Waals surface area contributed by atoms with Crippen molar-refractivity contribution in [1.29, 1.82) is 5.41 Å². The van der Waals surface area contributed by atoms with Gasteiger partial charge in [-0.15, -0.1) is 11.6 Å². The number of carboxylic acids is 1. The molecule has 0 aliphatic rings. The lowest BCUT2D eigenvalue weighted by molar-refractivity contribution is -0.134. The fourth-order valence-electron chi connectivity index (χ4n) is 0.567. The summed E-state index contributed by atoms with van der Waals surface area (Å²) in [7, 11) is 0. The van der Waals surface area contributed by atoms with Gasteiger partial charge in [0.1, 0.15) is 0 Å². The van der Waals surface area contributed by atoms with E-state index in [4.69, 9.17) is 26.9 Å². The van der Waals surface area contributed by atoms with Crippen LogP contribution >= 0.6 is 11.6 Å². The summed E-state index contributed by atoms with van der Waals surface area (Å²) in [5.41, 5.74) is 10.1. The van der Waals surface area contributed by atoms with Crippen LogP contribution in [-0.4, -0.2) is 17.0 Å². The maximum Gasteiger partial charge on any atom is 0.300 e. The van der Waals surface area contributed by atoms with Gasteiger partial charge in [0.05, 0.1) is 0 Å². The minimum atomic E-state index is -0.833. The number of benzene rings is 1. The van der Waals surface area contributed by atoms with Crippen LogP contribution in [0.2, 0.25) is 0 Å². The summed E-state index contributed by atoms with van der Waals surface area (Å²) in [5, 5.41) is 13.5. The number of alkyl halides is 1. The molecular formula is C10H16ClN3O2. The first-order valence-corrected chi connectivity index (χ1v) is 4.82. The molecule has 6 heteroatoms. The Morgan fingerprint density at radius 2 is 1.69 bits per heavy atom. The molecule has 0 aliphatic carbocycles. The molecule has 0 aromatic heterocycles. The minimum absolute atomic E-state index is 0.333.